The Balaban J connectivity index is 1.66. The van der Waals surface area contributed by atoms with E-state index in [0.717, 1.165) is 16.8 Å². The number of esters is 1. The standard InChI is InChI=1S/C21H22N6O4S/c1-4-30-19(28)17-14(22-20(29)23-18(17)16-6-5-9-31-16)11-32-21-24-25-26-27(21)15-8-7-12(2)10-13(15)3/h5-10,18H,4,11H2,1-3H3,(H2,22,23,29). The fourth-order valence-electron chi connectivity index (χ4n) is 3.45. The third-order valence-electron chi connectivity index (χ3n) is 4.84. The average Bonchev–Trinajstić information content (AvgIpc) is 3.44. The Morgan fingerprint density at radius 3 is 2.88 bits per heavy atom. The van der Waals surface area contributed by atoms with E-state index in [-0.39, 0.29) is 17.9 Å². The third kappa shape index (κ3) is 4.37. The van der Waals surface area contributed by atoms with Gasteiger partial charge in [-0.05, 0) is 55.0 Å². The van der Waals surface area contributed by atoms with Gasteiger partial charge in [-0.15, -0.1) is 5.10 Å². The van der Waals surface area contributed by atoms with Crippen LogP contribution in [0.3, 0.4) is 0 Å². The van der Waals surface area contributed by atoms with Crippen LogP contribution in [0.25, 0.3) is 5.69 Å². The van der Waals surface area contributed by atoms with Gasteiger partial charge in [0.05, 0.1) is 24.1 Å². The molecule has 3 aromatic rings. The highest BCUT2D eigenvalue weighted by Gasteiger charge is 2.35. The molecule has 11 heteroatoms. The summed E-state index contributed by atoms with van der Waals surface area (Å²) in [7, 11) is 0. The molecule has 0 fully saturated rings. The van der Waals surface area contributed by atoms with Crippen molar-refractivity contribution in [3.63, 3.8) is 0 Å². The van der Waals surface area contributed by atoms with Crippen molar-refractivity contribution in [3.05, 3.63) is 64.8 Å². The molecule has 2 aromatic heterocycles. The van der Waals surface area contributed by atoms with Gasteiger partial charge in [0.1, 0.15) is 11.8 Å². The molecule has 10 nitrogen and oxygen atoms in total. The van der Waals surface area contributed by atoms with Gasteiger partial charge in [0.2, 0.25) is 5.16 Å². The molecule has 2 amide bonds. The number of nitrogens with one attached hydrogen (secondary N) is 2. The molecule has 0 saturated heterocycles. The van der Waals surface area contributed by atoms with Crippen molar-refractivity contribution in [1.82, 2.24) is 30.8 Å². The van der Waals surface area contributed by atoms with Crippen molar-refractivity contribution in [2.75, 3.05) is 12.4 Å². The molecule has 0 spiro atoms. The quantitative estimate of drug-likeness (QED) is 0.413. The van der Waals surface area contributed by atoms with E-state index in [9.17, 15) is 9.59 Å². The second-order valence-electron chi connectivity index (χ2n) is 7.11. The first-order chi connectivity index (χ1) is 15.5. The normalized spacial score (nSPS) is 16.0. The van der Waals surface area contributed by atoms with Gasteiger partial charge in [-0.25, -0.2) is 9.59 Å². The van der Waals surface area contributed by atoms with Crippen LogP contribution in [0.2, 0.25) is 0 Å². The Kier molecular flexibility index (Phi) is 6.26. The van der Waals surface area contributed by atoms with Gasteiger partial charge >= 0.3 is 12.0 Å². The predicted molar refractivity (Wildman–Crippen MR) is 116 cm³/mol. The van der Waals surface area contributed by atoms with Crippen molar-refractivity contribution >= 4 is 23.8 Å². The first-order valence-electron chi connectivity index (χ1n) is 9.97. The van der Waals surface area contributed by atoms with Crippen molar-refractivity contribution in [2.24, 2.45) is 0 Å². The summed E-state index contributed by atoms with van der Waals surface area (Å²) in [6.07, 6.45) is 1.48. The maximum Gasteiger partial charge on any atom is 0.338 e. The number of benzene rings is 1. The summed E-state index contributed by atoms with van der Waals surface area (Å²) in [6, 6.07) is 8.18. The van der Waals surface area contributed by atoms with Crippen LogP contribution in [0, 0.1) is 13.8 Å². The Morgan fingerprint density at radius 1 is 1.31 bits per heavy atom. The zero-order chi connectivity index (χ0) is 22.7. The van der Waals surface area contributed by atoms with Crippen LogP contribution in [-0.2, 0) is 9.53 Å². The second kappa shape index (κ2) is 9.27. The highest BCUT2D eigenvalue weighted by atomic mass is 32.2. The number of thioether (sulfide) groups is 1. The summed E-state index contributed by atoms with van der Waals surface area (Å²) in [4.78, 5) is 25.1. The number of tetrazole rings is 1. The highest BCUT2D eigenvalue weighted by molar-refractivity contribution is 7.99. The van der Waals surface area contributed by atoms with Gasteiger partial charge in [-0.2, -0.15) is 4.68 Å². The van der Waals surface area contributed by atoms with E-state index in [4.69, 9.17) is 9.15 Å². The van der Waals surface area contributed by atoms with Gasteiger partial charge in [0.25, 0.3) is 0 Å². The predicted octanol–water partition coefficient (Wildman–Crippen LogP) is 2.84. The van der Waals surface area contributed by atoms with Gasteiger partial charge in [0.15, 0.2) is 0 Å². The van der Waals surface area contributed by atoms with E-state index in [1.54, 1.807) is 23.7 Å². The topological polar surface area (TPSA) is 124 Å². The number of aryl methyl sites for hydroxylation is 2. The smallest absolute Gasteiger partial charge is 0.338 e. The van der Waals surface area contributed by atoms with Crippen molar-refractivity contribution in [2.45, 2.75) is 32.0 Å². The third-order valence-corrected chi connectivity index (χ3v) is 5.79. The first kappa shape index (κ1) is 21.6. The molecular weight excluding hydrogens is 432 g/mol. The maximum atomic E-state index is 12.8. The maximum absolute atomic E-state index is 12.8. The lowest BCUT2D eigenvalue weighted by Crippen LogP contribution is -2.46. The van der Waals surface area contributed by atoms with E-state index in [2.05, 4.69) is 26.2 Å². The Hall–Kier alpha value is -3.60. The molecular formula is C21H22N6O4S. The van der Waals surface area contributed by atoms with Crippen molar-refractivity contribution in [3.8, 4) is 5.69 Å². The summed E-state index contributed by atoms with van der Waals surface area (Å²) >= 11 is 1.30. The van der Waals surface area contributed by atoms with Crippen LogP contribution in [0.1, 0.15) is 29.9 Å². The Bertz CT molecular complexity index is 1170. The molecule has 1 atom stereocenters. The lowest BCUT2D eigenvalue weighted by atomic mass is 10.0. The van der Waals surface area contributed by atoms with Gasteiger partial charge in [-0.1, -0.05) is 29.5 Å². The number of urea groups is 1. The number of rotatable bonds is 7. The van der Waals surface area contributed by atoms with E-state index >= 15 is 0 Å². The second-order valence-corrected chi connectivity index (χ2v) is 8.05. The summed E-state index contributed by atoms with van der Waals surface area (Å²) in [6.45, 7) is 5.93. The van der Waals surface area contributed by atoms with Crippen LogP contribution in [0.15, 0.2) is 57.4 Å². The molecule has 0 bridgehead atoms. The van der Waals surface area contributed by atoms with E-state index in [0.29, 0.717) is 16.6 Å². The number of nitrogens with zero attached hydrogens (tertiary/aromatic N) is 4. The number of amides is 2. The summed E-state index contributed by atoms with van der Waals surface area (Å²) in [5.41, 5.74) is 3.71. The lowest BCUT2D eigenvalue weighted by molar-refractivity contribution is -0.139. The van der Waals surface area contributed by atoms with E-state index < -0.39 is 18.0 Å². The fraction of sp³-hybridized carbons (Fsp3) is 0.286. The van der Waals surface area contributed by atoms with Crippen LogP contribution in [0.4, 0.5) is 4.79 Å². The SMILES string of the molecule is CCOC(=O)C1=C(CSc2nnnn2-c2ccc(C)cc2C)NC(=O)NC1c1ccco1. The summed E-state index contributed by atoms with van der Waals surface area (Å²) in [5, 5.41) is 18.0. The summed E-state index contributed by atoms with van der Waals surface area (Å²) in [5.74, 6) is 0.140. The highest BCUT2D eigenvalue weighted by Crippen LogP contribution is 2.31. The molecule has 166 valence electrons. The minimum absolute atomic E-state index is 0.201. The molecule has 2 N–H and O–H groups in total. The van der Waals surface area contributed by atoms with Crippen LogP contribution in [-0.4, -0.2) is 44.6 Å². The molecule has 0 radical (unpaired) electrons. The minimum Gasteiger partial charge on any atom is -0.467 e. The largest absolute Gasteiger partial charge is 0.467 e. The van der Waals surface area contributed by atoms with Gasteiger partial charge < -0.3 is 19.8 Å². The fourth-order valence-corrected chi connectivity index (χ4v) is 4.30. The Labute approximate surface area is 188 Å². The molecule has 1 unspecified atom stereocenters. The number of aromatic nitrogens is 4. The van der Waals surface area contributed by atoms with Crippen molar-refractivity contribution < 1.29 is 18.7 Å². The molecule has 32 heavy (non-hydrogen) atoms. The zero-order valence-electron chi connectivity index (χ0n) is 17.8. The molecule has 1 aromatic carbocycles. The van der Waals surface area contributed by atoms with Crippen molar-refractivity contribution in [1.29, 1.82) is 0 Å². The van der Waals surface area contributed by atoms with E-state index in [1.165, 1.54) is 18.0 Å². The number of carbonyl (C=O) groups excluding carboxylic acids is 2. The molecule has 0 aliphatic carbocycles. The molecule has 0 saturated carbocycles. The van der Waals surface area contributed by atoms with Gasteiger partial charge in [0, 0.05) is 11.4 Å². The zero-order valence-corrected chi connectivity index (χ0v) is 18.6. The van der Waals surface area contributed by atoms with Crippen LogP contribution in [0.5, 0.6) is 0 Å². The number of hydrogen-bond donors (Lipinski definition) is 2. The summed E-state index contributed by atoms with van der Waals surface area (Å²) < 4.78 is 12.3. The van der Waals surface area contributed by atoms with Crippen LogP contribution >= 0.6 is 11.8 Å². The molecule has 1 aliphatic heterocycles. The van der Waals surface area contributed by atoms with Gasteiger partial charge in [-0.3, -0.25) is 0 Å². The minimum atomic E-state index is -0.760. The number of hydrogen-bond acceptors (Lipinski definition) is 8. The lowest BCUT2D eigenvalue weighted by Gasteiger charge is -2.27. The number of carbonyl (C=O) groups is 2. The van der Waals surface area contributed by atoms with E-state index in [1.807, 2.05) is 32.0 Å². The van der Waals surface area contributed by atoms with Crippen LogP contribution < -0.4 is 10.6 Å². The first-order valence-corrected chi connectivity index (χ1v) is 11.0. The molecule has 3 heterocycles. The average molecular weight is 455 g/mol. The molecule has 4 rings (SSSR count). The number of furan rings is 1. The Morgan fingerprint density at radius 2 is 2.16 bits per heavy atom. The number of ether oxygens (including phenoxy) is 1. The monoisotopic (exact) mass is 454 g/mol. The molecule has 1 aliphatic rings.